The molecule has 0 saturated heterocycles. The lowest BCUT2D eigenvalue weighted by atomic mass is 10.1. The normalized spacial score (nSPS) is 11.1. The van der Waals surface area contributed by atoms with Crippen LogP contribution >= 0.6 is 22.7 Å². The van der Waals surface area contributed by atoms with Gasteiger partial charge >= 0.3 is 0 Å². The van der Waals surface area contributed by atoms with Gasteiger partial charge in [0, 0.05) is 22.9 Å². The van der Waals surface area contributed by atoms with Crippen molar-refractivity contribution >= 4 is 33.7 Å². The molecule has 3 rings (SSSR count). The molecule has 2 heterocycles. The summed E-state index contributed by atoms with van der Waals surface area (Å²) in [5, 5.41) is 3.45. The lowest BCUT2D eigenvalue weighted by Gasteiger charge is -2.14. The second-order valence-electron chi connectivity index (χ2n) is 6.12. The first kappa shape index (κ1) is 18.3. The third-order valence-electron chi connectivity index (χ3n) is 3.65. The molecule has 0 saturated carbocycles. The molecule has 8 heteroatoms. The first-order valence-corrected chi connectivity index (χ1v) is 9.80. The van der Waals surface area contributed by atoms with E-state index >= 15 is 0 Å². The van der Waals surface area contributed by atoms with Gasteiger partial charge in [0.25, 0.3) is 0 Å². The molecule has 0 bridgehead atoms. The number of nitrogens with two attached hydrogens (primary N) is 2. The Morgan fingerprint density at radius 3 is 2.69 bits per heavy atom. The van der Waals surface area contributed by atoms with Crippen molar-refractivity contribution in [3.8, 4) is 16.3 Å². The number of carbonyl (C=O) groups is 1. The van der Waals surface area contributed by atoms with Crippen LogP contribution in [0, 0.1) is 6.92 Å². The van der Waals surface area contributed by atoms with Crippen molar-refractivity contribution in [2.24, 2.45) is 5.73 Å². The molecule has 2 aromatic heterocycles. The Kier molecular flexibility index (Phi) is 5.24. The van der Waals surface area contributed by atoms with E-state index in [0.29, 0.717) is 17.1 Å². The summed E-state index contributed by atoms with van der Waals surface area (Å²) < 4.78 is 5.87. The number of rotatable bonds is 6. The highest BCUT2D eigenvalue weighted by Crippen LogP contribution is 2.33. The SMILES string of the molecule is Cc1nc(N)sc1-c1csc(Cc2cc(C(N)=O)ccc2OC(C)C)n1. The zero-order valence-electron chi connectivity index (χ0n) is 14.8. The molecule has 26 heavy (non-hydrogen) atoms. The van der Waals surface area contributed by atoms with Crippen molar-refractivity contribution in [3.05, 3.63) is 45.4 Å². The number of nitrogens with zero attached hydrogens (tertiary/aromatic N) is 2. The van der Waals surface area contributed by atoms with Crippen molar-refractivity contribution in [2.75, 3.05) is 5.73 Å². The maximum atomic E-state index is 11.5. The fourth-order valence-corrected chi connectivity index (χ4v) is 4.23. The van der Waals surface area contributed by atoms with Crippen LogP contribution in [-0.4, -0.2) is 22.0 Å². The van der Waals surface area contributed by atoms with Crippen LogP contribution in [0.15, 0.2) is 23.6 Å². The van der Waals surface area contributed by atoms with Crippen molar-refractivity contribution in [1.82, 2.24) is 9.97 Å². The summed E-state index contributed by atoms with van der Waals surface area (Å²) in [4.78, 5) is 21.5. The lowest BCUT2D eigenvalue weighted by Crippen LogP contribution is -2.13. The van der Waals surface area contributed by atoms with Crippen molar-refractivity contribution in [3.63, 3.8) is 0 Å². The number of hydrogen-bond donors (Lipinski definition) is 2. The number of nitrogen functional groups attached to an aromatic ring is 1. The average molecular weight is 389 g/mol. The van der Waals surface area contributed by atoms with Gasteiger partial charge in [-0.2, -0.15) is 0 Å². The molecule has 0 radical (unpaired) electrons. The zero-order valence-corrected chi connectivity index (χ0v) is 16.4. The average Bonchev–Trinajstić information content (AvgIpc) is 3.14. The molecule has 136 valence electrons. The molecule has 3 aromatic rings. The topological polar surface area (TPSA) is 104 Å². The number of amides is 1. The van der Waals surface area contributed by atoms with Crippen LogP contribution in [-0.2, 0) is 6.42 Å². The van der Waals surface area contributed by atoms with Crippen LogP contribution in [0.25, 0.3) is 10.6 Å². The van der Waals surface area contributed by atoms with Gasteiger partial charge in [0.1, 0.15) is 5.75 Å². The molecule has 0 unspecified atom stereocenters. The quantitative estimate of drug-likeness (QED) is 0.671. The fourth-order valence-electron chi connectivity index (χ4n) is 2.55. The summed E-state index contributed by atoms with van der Waals surface area (Å²) >= 11 is 2.98. The van der Waals surface area contributed by atoms with E-state index in [9.17, 15) is 4.79 Å². The third-order valence-corrected chi connectivity index (χ3v) is 5.50. The minimum atomic E-state index is -0.460. The Labute approximate surface area is 159 Å². The smallest absolute Gasteiger partial charge is 0.248 e. The monoisotopic (exact) mass is 388 g/mol. The van der Waals surface area contributed by atoms with E-state index in [0.717, 1.165) is 32.6 Å². The van der Waals surface area contributed by atoms with Gasteiger partial charge in [0.15, 0.2) is 5.13 Å². The molecular weight excluding hydrogens is 368 g/mol. The van der Waals surface area contributed by atoms with Crippen molar-refractivity contribution < 1.29 is 9.53 Å². The van der Waals surface area contributed by atoms with Gasteiger partial charge in [0.2, 0.25) is 5.91 Å². The summed E-state index contributed by atoms with van der Waals surface area (Å²) in [6.45, 7) is 5.85. The number of aromatic nitrogens is 2. The maximum Gasteiger partial charge on any atom is 0.248 e. The van der Waals surface area contributed by atoms with Gasteiger partial charge in [-0.1, -0.05) is 11.3 Å². The van der Waals surface area contributed by atoms with Crippen LogP contribution in [0.5, 0.6) is 5.75 Å². The van der Waals surface area contributed by atoms with Crippen molar-refractivity contribution in [1.29, 1.82) is 0 Å². The fraction of sp³-hybridized carbons (Fsp3) is 0.278. The number of primary amides is 1. The van der Waals surface area contributed by atoms with E-state index in [1.807, 2.05) is 26.2 Å². The van der Waals surface area contributed by atoms with Crippen LogP contribution in [0.4, 0.5) is 5.13 Å². The molecule has 0 aliphatic carbocycles. The Morgan fingerprint density at radius 2 is 2.08 bits per heavy atom. The number of ether oxygens (including phenoxy) is 1. The summed E-state index contributed by atoms with van der Waals surface area (Å²) in [6.07, 6.45) is 0.587. The standard InChI is InChI=1S/C18H20N4O2S2/c1-9(2)24-14-5-4-11(17(19)23)6-12(14)7-15-22-13(8-25-15)16-10(3)21-18(20)26-16/h4-6,8-9H,7H2,1-3H3,(H2,19,23)(H2,20,21). The zero-order chi connectivity index (χ0) is 18.8. The van der Waals surface area contributed by atoms with Crippen LogP contribution in [0.3, 0.4) is 0 Å². The third kappa shape index (κ3) is 4.03. The molecule has 0 spiro atoms. The van der Waals surface area contributed by atoms with Crippen LogP contribution in [0.2, 0.25) is 0 Å². The van der Waals surface area contributed by atoms with Gasteiger partial charge < -0.3 is 16.2 Å². The van der Waals surface area contributed by atoms with Gasteiger partial charge in [0.05, 0.1) is 27.4 Å². The van der Waals surface area contributed by atoms with Crippen molar-refractivity contribution in [2.45, 2.75) is 33.3 Å². The maximum absolute atomic E-state index is 11.5. The molecule has 0 aliphatic heterocycles. The Bertz CT molecular complexity index is 947. The Hall–Kier alpha value is -2.45. The summed E-state index contributed by atoms with van der Waals surface area (Å²) in [5.74, 6) is 0.276. The van der Waals surface area contributed by atoms with E-state index < -0.39 is 5.91 Å². The first-order chi connectivity index (χ1) is 12.3. The molecule has 6 nitrogen and oxygen atoms in total. The van der Waals surface area contributed by atoms with E-state index in [-0.39, 0.29) is 6.10 Å². The van der Waals surface area contributed by atoms with Crippen LogP contribution in [0.1, 0.15) is 40.5 Å². The predicted molar refractivity (Wildman–Crippen MR) is 106 cm³/mol. The highest BCUT2D eigenvalue weighted by Gasteiger charge is 2.15. The summed E-state index contributed by atoms with van der Waals surface area (Å²) in [7, 11) is 0. The Morgan fingerprint density at radius 1 is 1.31 bits per heavy atom. The molecule has 0 atom stereocenters. The number of thiazole rings is 2. The van der Waals surface area contributed by atoms with E-state index in [2.05, 4.69) is 4.98 Å². The lowest BCUT2D eigenvalue weighted by molar-refractivity contribution is 0.1000. The number of benzene rings is 1. The van der Waals surface area contributed by atoms with E-state index in [4.69, 9.17) is 21.2 Å². The number of aryl methyl sites for hydroxylation is 1. The van der Waals surface area contributed by atoms with Gasteiger partial charge in [-0.25, -0.2) is 9.97 Å². The van der Waals surface area contributed by atoms with Gasteiger partial charge in [-0.15, -0.1) is 11.3 Å². The summed E-state index contributed by atoms with van der Waals surface area (Å²) in [6, 6.07) is 5.25. The molecular formula is C18H20N4O2S2. The van der Waals surface area contributed by atoms with Gasteiger partial charge in [-0.3, -0.25) is 4.79 Å². The highest BCUT2D eigenvalue weighted by molar-refractivity contribution is 7.19. The molecule has 4 N–H and O–H groups in total. The number of anilines is 1. The van der Waals surface area contributed by atoms with E-state index in [1.165, 1.54) is 11.3 Å². The summed E-state index contributed by atoms with van der Waals surface area (Å²) in [5.41, 5.74) is 14.3. The minimum Gasteiger partial charge on any atom is -0.491 e. The van der Waals surface area contributed by atoms with E-state index in [1.54, 1.807) is 29.5 Å². The molecule has 1 aromatic carbocycles. The number of hydrogen-bond acceptors (Lipinski definition) is 7. The van der Waals surface area contributed by atoms with Crippen LogP contribution < -0.4 is 16.2 Å². The molecule has 1 amide bonds. The second-order valence-corrected chi connectivity index (χ2v) is 8.10. The Balaban J connectivity index is 1.91. The largest absolute Gasteiger partial charge is 0.491 e. The first-order valence-electron chi connectivity index (χ1n) is 8.10. The second kappa shape index (κ2) is 7.43. The molecule has 0 fully saturated rings. The molecule has 0 aliphatic rings. The predicted octanol–water partition coefficient (Wildman–Crippen LogP) is 3.63. The minimum absolute atomic E-state index is 0.0304. The highest BCUT2D eigenvalue weighted by atomic mass is 32.1. The number of carbonyl (C=O) groups excluding carboxylic acids is 1. The van der Waals surface area contributed by atoms with Gasteiger partial charge in [-0.05, 0) is 39.0 Å².